The Morgan fingerprint density at radius 2 is 2.21 bits per heavy atom. The Morgan fingerprint density at radius 1 is 1.37 bits per heavy atom. The lowest BCUT2D eigenvalue weighted by molar-refractivity contribution is 0.00197. The van der Waals surface area contributed by atoms with E-state index in [1.54, 1.807) is 0 Å². The van der Waals surface area contributed by atoms with Gasteiger partial charge in [0.05, 0.1) is 6.61 Å². The van der Waals surface area contributed by atoms with Gasteiger partial charge in [0.2, 0.25) is 0 Å². The van der Waals surface area contributed by atoms with E-state index in [-0.39, 0.29) is 0 Å². The smallest absolute Gasteiger partial charge is 0.0636 e. The Bertz CT molecular complexity index is 262. The van der Waals surface area contributed by atoms with E-state index in [0.29, 0.717) is 12.1 Å². The van der Waals surface area contributed by atoms with Crippen LogP contribution in [0, 0.1) is 5.92 Å². The second-order valence-electron chi connectivity index (χ2n) is 6.35. The third-order valence-corrected chi connectivity index (χ3v) is 4.58. The van der Waals surface area contributed by atoms with Gasteiger partial charge >= 0.3 is 0 Å². The van der Waals surface area contributed by atoms with E-state index < -0.39 is 0 Å². The molecule has 0 radical (unpaired) electrons. The molecule has 19 heavy (non-hydrogen) atoms. The van der Waals surface area contributed by atoms with Crippen molar-refractivity contribution in [1.82, 2.24) is 15.1 Å². The van der Waals surface area contributed by atoms with Crippen molar-refractivity contribution in [3.05, 3.63) is 0 Å². The maximum atomic E-state index is 5.71. The quantitative estimate of drug-likeness (QED) is 0.779. The van der Waals surface area contributed by atoms with Gasteiger partial charge in [-0.3, -0.25) is 4.90 Å². The highest BCUT2D eigenvalue weighted by molar-refractivity contribution is 4.88. The Labute approximate surface area is 118 Å². The highest BCUT2D eigenvalue weighted by Crippen LogP contribution is 2.19. The summed E-state index contributed by atoms with van der Waals surface area (Å²) in [6.07, 6.45) is 3.71. The third kappa shape index (κ3) is 4.42. The monoisotopic (exact) mass is 269 g/mol. The van der Waals surface area contributed by atoms with Gasteiger partial charge in [0.1, 0.15) is 0 Å². The van der Waals surface area contributed by atoms with Gasteiger partial charge in [0.25, 0.3) is 0 Å². The molecule has 4 nitrogen and oxygen atoms in total. The molecule has 2 aliphatic heterocycles. The number of ether oxygens (including phenoxy) is 1. The van der Waals surface area contributed by atoms with E-state index in [1.165, 1.54) is 32.5 Å². The van der Waals surface area contributed by atoms with E-state index in [4.69, 9.17) is 4.74 Å². The lowest BCUT2D eigenvalue weighted by atomic mass is 10.00. The summed E-state index contributed by atoms with van der Waals surface area (Å²) < 4.78 is 5.71. The van der Waals surface area contributed by atoms with Gasteiger partial charge in [-0.05, 0) is 52.4 Å². The molecule has 0 amide bonds. The minimum absolute atomic E-state index is 0.547. The van der Waals surface area contributed by atoms with E-state index in [0.717, 1.165) is 32.1 Å². The van der Waals surface area contributed by atoms with Crippen LogP contribution in [-0.2, 0) is 4.74 Å². The molecule has 3 unspecified atom stereocenters. The Hall–Kier alpha value is -0.160. The lowest BCUT2D eigenvalue weighted by Gasteiger charge is -2.39. The van der Waals surface area contributed by atoms with Crippen LogP contribution in [-0.4, -0.2) is 75.4 Å². The van der Waals surface area contributed by atoms with Crippen LogP contribution < -0.4 is 5.32 Å². The van der Waals surface area contributed by atoms with E-state index in [2.05, 4.69) is 36.1 Å². The van der Waals surface area contributed by atoms with Gasteiger partial charge in [-0.15, -0.1) is 0 Å². The van der Waals surface area contributed by atoms with Gasteiger partial charge in [-0.25, -0.2) is 0 Å². The van der Waals surface area contributed by atoms with Gasteiger partial charge in [-0.2, -0.15) is 0 Å². The predicted molar refractivity (Wildman–Crippen MR) is 79.5 cm³/mol. The van der Waals surface area contributed by atoms with Crippen molar-refractivity contribution in [2.45, 2.75) is 38.3 Å². The summed E-state index contributed by atoms with van der Waals surface area (Å²) in [4.78, 5) is 4.99. The number of hydrogen-bond donors (Lipinski definition) is 1. The molecule has 2 saturated heterocycles. The summed E-state index contributed by atoms with van der Waals surface area (Å²) in [5.74, 6) is 0.837. The van der Waals surface area contributed by atoms with E-state index in [9.17, 15) is 0 Å². The lowest BCUT2D eigenvalue weighted by Crippen LogP contribution is -2.55. The topological polar surface area (TPSA) is 27.7 Å². The van der Waals surface area contributed by atoms with Crippen LogP contribution in [0.2, 0.25) is 0 Å². The highest BCUT2D eigenvalue weighted by atomic mass is 16.5. The molecule has 3 atom stereocenters. The molecule has 4 heteroatoms. The van der Waals surface area contributed by atoms with Crippen molar-refractivity contribution < 1.29 is 4.74 Å². The van der Waals surface area contributed by atoms with Crippen LogP contribution in [0.3, 0.4) is 0 Å². The minimum Gasteiger partial charge on any atom is -0.380 e. The molecule has 2 aliphatic rings. The molecule has 112 valence electrons. The molecule has 0 aromatic carbocycles. The number of rotatable bonds is 6. The summed E-state index contributed by atoms with van der Waals surface area (Å²) in [7, 11) is 4.51. The zero-order valence-corrected chi connectivity index (χ0v) is 12.9. The first-order valence-corrected chi connectivity index (χ1v) is 7.90. The fraction of sp³-hybridized carbons (Fsp3) is 1.00. The first kappa shape index (κ1) is 15.2. The molecule has 0 saturated carbocycles. The standard InChI is InChI=1S/C15H31N3O/c1-4-7-16-14-6-9-19-12-15(14)18(3)11-13-5-8-17(2)10-13/h13-16H,4-12H2,1-3H3. The summed E-state index contributed by atoms with van der Waals surface area (Å²) in [5.41, 5.74) is 0. The number of nitrogens with one attached hydrogen (secondary N) is 1. The molecular weight excluding hydrogens is 238 g/mol. The fourth-order valence-electron chi connectivity index (χ4n) is 3.44. The second-order valence-corrected chi connectivity index (χ2v) is 6.35. The average molecular weight is 269 g/mol. The molecule has 0 aromatic heterocycles. The Kier molecular flexibility index (Phi) is 6.07. The first-order chi connectivity index (χ1) is 9.20. The minimum atomic E-state index is 0.547. The third-order valence-electron chi connectivity index (χ3n) is 4.58. The van der Waals surface area contributed by atoms with Crippen LogP contribution in [0.5, 0.6) is 0 Å². The summed E-state index contributed by atoms with van der Waals surface area (Å²) in [6.45, 7) is 8.89. The zero-order valence-electron chi connectivity index (χ0n) is 12.9. The summed E-state index contributed by atoms with van der Waals surface area (Å²) in [6, 6.07) is 1.16. The van der Waals surface area contributed by atoms with Crippen molar-refractivity contribution in [2.24, 2.45) is 5.92 Å². The second kappa shape index (κ2) is 7.58. The molecule has 2 fully saturated rings. The molecule has 0 aromatic rings. The molecule has 0 aliphatic carbocycles. The Morgan fingerprint density at radius 3 is 2.89 bits per heavy atom. The molecule has 0 spiro atoms. The van der Waals surface area contributed by atoms with Gasteiger partial charge in [0, 0.05) is 31.8 Å². The number of nitrogens with zero attached hydrogens (tertiary/aromatic N) is 2. The van der Waals surface area contributed by atoms with Gasteiger partial charge in [0.15, 0.2) is 0 Å². The Balaban J connectivity index is 1.82. The van der Waals surface area contributed by atoms with Crippen LogP contribution in [0.15, 0.2) is 0 Å². The maximum absolute atomic E-state index is 5.71. The zero-order chi connectivity index (χ0) is 13.7. The number of likely N-dealkylation sites (tertiary alicyclic amines) is 1. The molecule has 1 N–H and O–H groups in total. The SMILES string of the molecule is CCCNC1CCOCC1N(C)CC1CCN(C)C1. The van der Waals surface area contributed by atoms with Crippen LogP contribution in [0.25, 0.3) is 0 Å². The average Bonchev–Trinajstić information content (AvgIpc) is 2.82. The number of hydrogen-bond acceptors (Lipinski definition) is 4. The molecule has 2 rings (SSSR count). The van der Waals surface area contributed by atoms with Crippen LogP contribution in [0.4, 0.5) is 0 Å². The van der Waals surface area contributed by atoms with Crippen LogP contribution in [0.1, 0.15) is 26.2 Å². The van der Waals surface area contributed by atoms with Crippen molar-refractivity contribution in [2.75, 3.05) is 53.5 Å². The van der Waals surface area contributed by atoms with Crippen molar-refractivity contribution in [3.8, 4) is 0 Å². The van der Waals surface area contributed by atoms with Crippen molar-refractivity contribution >= 4 is 0 Å². The molecule has 0 bridgehead atoms. The summed E-state index contributed by atoms with van der Waals surface area (Å²) >= 11 is 0. The summed E-state index contributed by atoms with van der Waals surface area (Å²) in [5, 5.41) is 3.70. The number of likely N-dealkylation sites (N-methyl/N-ethyl adjacent to an activating group) is 1. The maximum Gasteiger partial charge on any atom is 0.0636 e. The fourth-order valence-corrected chi connectivity index (χ4v) is 3.44. The molecular formula is C15H31N3O. The van der Waals surface area contributed by atoms with Crippen molar-refractivity contribution in [3.63, 3.8) is 0 Å². The predicted octanol–water partition coefficient (Wildman–Crippen LogP) is 1.03. The largest absolute Gasteiger partial charge is 0.380 e. The first-order valence-electron chi connectivity index (χ1n) is 7.90. The van der Waals surface area contributed by atoms with Gasteiger partial charge in [-0.1, -0.05) is 6.92 Å². The highest BCUT2D eigenvalue weighted by Gasteiger charge is 2.30. The normalized spacial score (nSPS) is 33.2. The van der Waals surface area contributed by atoms with E-state index in [1.807, 2.05) is 0 Å². The molecule has 2 heterocycles. The van der Waals surface area contributed by atoms with Gasteiger partial charge < -0.3 is 15.0 Å². The van der Waals surface area contributed by atoms with Crippen molar-refractivity contribution in [1.29, 1.82) is 0 Å². The van der Waals surface area contributed by atoms with Crippen LogP contribution >= 0.6 is 0 Å². The van der Waals surface area contributed by atoms with E-state index >= 15 is 0 Å².